The third kappa shape index (κ3) is 7.83. The molecule has 0 saturated carbocycles. The van der Waals surface area contributed by atoms with E-state index in [1.165, 1.54) is 11.9 Å². The number of ether oxygens (including phenoxy) is 1. The summed E-state index contributed by atoms with van der Waals surface area (Å²) in [7, 11) is -4.55. The molecule has 214 valence electrons. The van der Waals surface area contributed by atoms with Crippen molar-refractivity contribution in [3.63, 3.8) is 0 Å². The first-order chi connectivity index (χ1) is 19.3. The minimum Gasteiger partial charge on any atom is -0.406 e. The fourth-order valence-corrected chi connectivity index (χ4v) is 4.93. The van der Waals surface area contributed by atoms with Crippen LogP contribution < -0.4 is 15.8 Å². The highest BCUT2D eigenvalue weighted by molar-refractivity contribution is 7.90. The molecule has 1 atom stereocenters. The monoisotopic (exact) mass is 606 g/mol. The smallest absolute Gasteiger partial charge is 0.406 e. The van der Waals surface area contributed by atoms with Crippen molar-refractivity contribution in [2.75, 3.05) is 6.54 Å². The molecule has 0 aromatic heterocycles. The molecular formula is C26H22ClF3N6O4S. The Balaban J connectivity index is 1.78. The molecule has 1 amide bonds. The summed E-state index contributed by atoms with van der Waals surface area (Å²) in [5.41, 5.74) is 7.94. The van der Waals surface area contributed by atoms with E-state index in [-0.39, 0.29) is 12.5 Å². The van der Waals surface area contributed by atoms with E-state index in [9.17, 15) is 26.4 Å². The molecule has 1 heterocycles. The average molecular weight is 607 g/mol. The fraction of sp³-hybridized carbons (Fsp3) is 0.154. The number of guanidine groups is 2. The van der Waals surface area contributed by atoms with E-state index in [0.717, 1.165) is 29.8 Å². The molecule has 0 spiro atoms. The van der Waals surface area contributed by atoms with Crippen molar-refractivity contribution < 1.29 is 31.1 Å². The zero-order valence-electron chi connectivity index (χ0n) is 21.2. The van der Waals surface area contributed by atoms with Crippen LogP contribution >= 0.6 is 11.6 Å². The summed E-state index contributed by atoms with van der Waals surface area (Å²) in [6.45, 7) is 1.27. The van der Waals surface area contributed by atoms with E-state index in [1.807, 2.05) is 30.3 Å². The number of halogens is 4. The zero-order chi connectivity index (χ0) is 29.8. The number of carbonyl (C=O) groups is 1. The first-order valence-electron chi connectivity index (χ1n) is 11.8. The Morgan fingerprint density at radius 2 is 1.71 bits per heavy atom. The number of hydrogen-bond acceptors (Lipinski definition) is 5. The first kappa shape index (κ1) is 29.6. The van der Waals surface area contributed by atoms with Gasteiger partial charge in [-0.2, -0.15) is 18.5 Å². The van der Waals surface area contributed by atoms with Crippen molar-refractivity contribution in [3.8, 4) is 5.75 Å². The number of benzene rings is 3. The molecule has 15 heteroatoms. The van der Waals surface area contributed by atoms with Gasteiger partial charge in [-0.15, -0.1) is 17.6 Å². The van der Waals surface area contributed by atoms with Crippen LogP contribution in [0.25, 0.3) is 0 Å². The maximum Gasteiger partial charge on any atom is 0.573 e. The number of carbonyl (C=O) groups excluding carboxylic acids is 1. The molecule has 4 rings (SSSR count). The normalized spacial score (nSPS) is 16.4. The molecule has 3 aromatic rings. The second kappa shape index (κ2) is 12.0. The molecule has 0 saturated heterocycles. The van der Waals surface area contributed by atoms with Gasteiger partial charge in [-0.1, -0.05) is 54.1 Å². The second-order valence-electron chi connectivity index (χ2n) is 8.60. The van der Waals surface area contributed by atoms with Gasteiger partial charge in [0.15, 0.2) is 0 Å². The van der Waals surface area contributed by atoms with E-state index < -0.39 is 44.9 Å². The maximum atomic E-state index is 13.2. The number of nitrogens with two attached hydrogens (primary N) is 1. The van der Waals surface area contributed by atoms with E-state index in [1.54, 1.807) is 24.3 Å². The van der Waals surface area contributed by atoms with Crippen LogP contribution in [0, 0.1) is 0 Å². The van der Waals surface area contributed by atoms with Gasteiger partial charge < -0.3 is 10.5 Å². The highest BCUT2D eigenvalue weighted by Gasteiger charge is 2.33. The second-order valence-corrected chi connectivity index (χ2v) is 10.6. The molecule has 1 aliphatic rings. The van der Waals surface area contributed by atoms with Crippen molar-refractivity contribution in [1.82, 2.24) is 10.3 Å². The van der Waals surface area contributed by atoms with Crippen LogP contribution in [-0.2, 0) is 14.8 Å². The van der Waals surface area contributed by atoms with Crippen LogP contribution in [0.5, 0.6) is 5.75 Å². The molecule has 41 heavy (non-hydrogen) atoms. The highest BCUT2D eigenvalue weighted by Crippen LogP contribution is 2.30. The summed E-state index contributed by atoms with van der Waals surface area (Å²) in [6.07, 6.45) is -4.95. The average Bonchev–Trinajstić information content (AvgIpc) is 3.34. The van der Waals surface area contributed by atoms with E-state index >= 15 is 0 Å². The van der Waals surface area contributed by atoms with Gasteiger partial charge >= 0.3 is 6.36 Å². The number of rotatable bonds is 5. The van der Waals surface area contributed by atoms with Crippen molar-refractivity contribution in [2.45, 2.75) is 24.1 Å². The van der Waals surface area contributed by atoms with Gasteiger partial charge in [-0.05, 0) is 47.5 Å². The SMILES string of the molecule is CC(=O)N/C(N)=N/C(=N/S(=O)(=O)c1ccc(OC(F)(F)F)cc1)N1C[C@@H](c2ccccc2)C(c2ccc(Cl)cc2)=N1. The molecule has 10 nitrogen and oxygen atoms in total. The van der Waals surface area contributed by atoms with Crippen LogP contribution in [0.3, 0.4) is 0 Å². The van der Waals surface area contributed by atoms with Crippen LogP contribution in [-0.4, -0.2) is 49.9 Å². The molecule has 0 unspecified atom stereocenters. The molecule has 0 aliphatic carbocycles. The molecule has 3 N–H and O–H groups in total. The lowest BCUT2D eigenvalue weighted by Gasteiger charge is -2.16. The van der Waals surface area contributed by atoms with E-state index in [2.05, 4.69) is 24.5 Å². The van der Waals surface area contributed by atoms with Crippen LogP contribution in [0.4, 0.5) is 13.2 Å². The largest absolute Gasteiger partial charge is 0.573 e. The Kier molecular flexibility index (Phi) is 8.63. The Hall–Kier alpha value is -4.43. The van der Waals surface area contributed by atoms with E-state index in [0.29, 0.717) is 16.3 Å². The van der Waals surface area contributed by atoms with Gasteiger partial charge in [0.25, 0.3) is 16.0 Å². The maximum absolute atomic E-state index is 13.2. The molecule has 1 aliphatic heterocycles. The van der Waals surface area contributed by atoms with Crippen molar-refractivity contribution in [3.05, 3.63) is 95.0 Å². The summed E-state index contributed by atoms with van der Waals surface area (Å²) in [4.78, 5) is 15.1. The third-order valence-corrected chi connectivity index (χ3v) is 7.09. The van der Waals surface area contributed by atoms with Crippen LogP contribution in [0.2, 0.25) is 5.02 Å². The summed E-state index contributed by atoms with van der Waals surface area (Å²) in [6, 6.07) is 19.6. The zero-order valence-corrected chi connectivity index (χ0v) is 22.8. The quantitative estimate of drug-likeness (QED) is 0.329. The van der Waals surface area contributed by atoms with Crippen molar-refractivity contribution in [2.24, 2.45) is 20.2 Å². The molecule has 3 aromatic carbocycles. The lowest BCUT2D eigenvalue weighted by Crippen LogP contribution is -2.37. The Morgan fingerprint density at radius 3 is 2.29 bits per heavy atom. The number of amides is 1. The van der Waals surface area contributed by atoms with E-state index in [4.69, 9.17) is 17.3 Å². The lowest BCUT2D eigenvalue weighted by atomic mass is 9.91. The number of sulfonamides is 1. The number of nitrogens with one attached hydrogen (secondary N) is 1. The predicted molar refractivity (Wildman–Crippen MR) is 147 cm³/mol. The van der Waals surface area contributed by atoms with Crippen LogP contribution in [0.1, 0.15) is 24.0 Å². The van der Waals surface area contributed by atoms with Crippen LogP contribution in [0.15, 0.2) is 98.2 Å². The third-order valence-electron chi connectivity index (χ3n) is 5.57. The molecular weight excluding hydrogens is 585 g/mol. The van der Waals surface area contributed by atoms with Crippen molar-refractivity contribution >= 4 is 45.2 Å². The minimum absolute atomic E-state index is 0.0888. The first-order valence-corrected chi connectivity index (χ1v) is 13.6. The number of aliphatic imine (C=N–C) groups is 1. The Morgan fingerprint density at radius 1 is 1.07 bits per heavy atom. The number of nitrogens with zero attached hydrogens (tertiary/aromatic N) is 4. The Bertz CT molecular complexity index is 1610. The lowest BCUT2D eigenvalue weighted by molar-refractivity contribution is -0.274. The van der Waals surface area contributed by atoms with Gasteiger partial charge in [0, 0.05) is 17.9 Å². The van der Waals surface area contributed by atoms with Gasteiger partial charge in [-0.25, -0.2) is 5.01 Å². The number of hydrazone groups is 1. The van der Waals surface area contributed by atoms with Gasteiger partial charge in [-0.3, -0.25) is 10.1 Å². The number of alkyl halides is 3. The molecule has 0 radical (unpaired) electrons. The van der Waals surface area contributed by atoms with Gasteiger partial charge in [0.05, 0.1) is 17.2 Å². The summed E-state index contributed by atoms with van der Waals surface area (Å²) in [5.74, 6) is -2.48. The molecule has 0 bridgehead atoms. The fourth-order valence-electron chi connectivity index (χ4n) is 3.87. The Labute approximate surface area is 238 Å². The molecule has 0 fully saturated rings. The summed E-state index contributed by atoms with van der Waals surface area (Å²) >= 11 is 6.06. The van der Waals surface area contributed by atoms with Gasteiger partial charge in [0.2, 0.25) is 11.9 Å². The van der Waals surface area contributed by atoms with Crippen molar-refractivity contribution in [1.29, 1.82) is 0 Å². The predicted octanol–water partition coefficient (Wildman–Crippen LogP) is 4.24. The number of hydrogen-bond donors (Lipinski definition) is 2. The standard InChI is InChI=1S/C26H22ClF3N6O4S/c1-16(37)32-24(31)33-25(35-41(38,39)21-13-11-20(12-14-21)40-26(28,29)30)36-15-22(17-5-3-2-4-6-17)23(34-36)18-7-9-19(27)10-8-18/h2-14,22H,15H2,1H3,(H3,31,32,33,35,37)/t22-/m0/s1. The minimum atomic E-state index is -4.95. The highest BCUT2D eigenvalue weighted by atomic mass is 35.5. The summed E-state index contributed by atoms with van der Waals surface area (Å²) < 4.78 is 71.5. The van der Waals surface area contributed by atoms with Gasteiger partial charge in [0.1, 0.15) is 5.75 Å². The summed E-state index contributed by atoms with van der Waals surface area (Å²) in [5, 5.41) is 8.57. The topological polar surface area (TPSA) is 139 Å².